The standard InChI is InChI=1S/C28H29FN2O3S/c1-28(2,3)24(32)16-26-31(27(34)23(35-26)15-18-8-6-11-20(29)14-18)17-25(33)30-22-13-7-10-19-9-4-5-12-21(19)22/h4-6,8-9,11-12,14-16,22H,7,10,13,17H2,1-3H3,(H,30,33). The summed E-state index contributed by atoms with van der Waals surface area (Å²) in [5.41, 5.74) is 1.86. The molecule has 0 radical (unpaired) electrons. The minimum Gasteiger partial charge on any atom is -0.348 e. The van der Waals surface area contributed by atoms with Gasteiger partial charge in [-0.25, -0.2) is 4.39 Å². The van der Waals surface area contributed by atoms with Gasteiger partial charge in [0.05, 0.1) is 10.6 Å². The molecule has 3 aromatic rings. The van der Waals surface area contributed by atoms with E-state index < -0.39 is 11.2 Å². The number of hydrogen-bond donors (Lipinski definition) is 1. The van der Waals surface area contributed by atoms with Crippen molar-refractivity contribution < 1.29 is 14.0 Å². The molecule has 2 aromatic carbocycles. The fraction of sp³-hybridized carbons (Fsp3) is 0.321. The molecule has 1 atom stereocenters. The highest BCUT2D eigenvalue weighted by Crippen LogP contribution is 2.29. The van der Waals surface area contributed by atoms with Crippen molar-refractivity contribution in [1.82, 2.24) is 9.88 Å². The molecular weight excluding hydrogens is 463 g/mol. The maximum absolute atomic E-state index is 13.7. The number of carbonyl (C=O) groups is 2. The van der Waals surface area contributed by atoms with Crippen LogP contribution < -0.4 is 20.1 Å². The van der Waals surface area contributed by atoms with Gasteiger partial charge in [0.15, 0.2) is 5.78 Å². The molecule has 35 heavy (non-hydrogen) atoms. The molecule has 1 heterocycles. The number of ketones is 1. The molecule has 7 heteroatoms. The highest BCUT2D eigenvalue weighted by Gasteiger charge is 2.23. The normalized spacial score (nSPS) is 16.7. The number of aryl methyl sites for hydroxylation is 1. The largest absolute Gasteiger partial charge is 0.348 e. The minimum atomic E-state index is -0.634. The van der Waals surface area contributed by atoms with Crippen molar-refractivity contribution in [3.63, 3.8) is 0 Å². The van der Waals surface area contributed by atoms with E-state index in [2.05, 4.69) is 11.4 Å². The monoisotopic (exact) mass is 492 g/mol. The van der Waals surface area contributed by atoms with Crippen LogP contribution in [0.3, 0.4) is 0 Å². The van der Waals surface area contributed by atoms with E-state index in [1.54, 1.807) is 39.0 Å². The summed E-state index contributed by atoms with van der Waals surface area (Å²) in [5.74, 6) is -0.842. The van der Waals surface area contributed by atoms with Gasteiger partial charge < -0.3 is 5.32 Å². The maximum Gasteiger partial charge on any atom is 0.269 e. The van der Waals surface area contributed by atoms with Crippen LogP contribution in [-0.4, -0.2) is 16.3 Å². The topological polar surface area (TPSA) is 68.2 Å². The van der Waals surface area contributed by atoms with Gasteiger partial charge in [-0.15, -0.1) is 11.3 Å². The summed E-state index contributed by atoms with van der Waals surface area (Å²) in [7, 11) is 0. The second-order valence-corrected chi connectivity index (χ2v) is 10.9. The molecule has 5 nitrogen and oxygen atoms in total. The van der Waals surface area contributed by atoms with Crippen molar-refractivity contribution in [2.24, 2.45) is 5.41 Å². The third-order valence-corrected chi connectivity index (χ3v) is 7.14. The molecule has 1 aromatic heterocycles. The van der Waals surface area contributed by atoms with Crippen LogP contribution in [0.5, 0.6) is 0 Å². The van der Waals surface area contributed by atoms with Gasteiger partial charge in [0, 0.05) is 11.5 Å². The Labute approximate surface area is 207 Å². The third-order valence-electron chi connectivity index (χ3n) is 6.08. The van der Waals surface area contributed by atoms with E-state index in [4.69, 9.17) is 0 Å². The maximum atomic E-state index is 13.7. The number of thiazole rings is 1. The summed E-state index contributed by atoms with van der Waals surface area (Å²) in [6.07, 6.45) is 5.81. The van der Waals surface area contributed by atoms with Gasteiger partial charge >= 0.3 is 0 Å². The average Bonchev–Trinajstić information content (AvgIpc) is 3.07. The van der Waals surface area contributed by atoms with E-state index in [0.29, 0.717) is 14.8 Å². The van der Waals surface area contributed by atoms with Crippen molar-refractivity contribution in [1.29, 1.82) is 0 Å². The van der Waals surface area contributed by atoms with Crippen molar-refractivity contribution in [2.75, 3.05) is 0 Å². The Morgan fingerprint density at radius 3 is 2.69 bits per heavy atom. The number of halogens is 1. The zero-order valence-electron chi connectivity index (χ0n) is 20.1. The van der Waals surface area contributed by atoms with E-state index in [1.807, 2.05) is 18.2 Å². The van der Waals surface area contributed by atoms with Crippen molar-refractivity contribution >= 4 is 35.2 Å². The van der Waals surface area contributed by atoms with Gasteiger partial charge in [-0.1, -0.05) is 57.2 Å². The van der Waals surface area contributed by atoms with Crippen LogP contribution in [0.25, 0.3) is 12.2 Å². The Balaban J connectivity index is 1.70. The van der Waals surface area contributed by atoms with Gasteiger partial charge in [0.25, 0.3) is 5.56 Å². The number of amides is 1. The van der Waals surface area contributed by atoms with Crippen LogP contribution in [0.2, 0.25) is 0 Å². The van der Waals surface area contributed by atoms with E-state index in [1.165, 1.54) is 28.3 Å². The number of carbonyl (C=O) groups excluding carboxylic acids is 2. The van der Waals surface area contributed by atoms with E-state index in [0.717, 1.165) is 36.2 Å². The molecule has 0 fully saturated rings. The molecular formula is C28H29FN2O3S. The van der Waals surface area contributed by atoms with E-state index >= 15 is 0 Å². The van der Waals surface area contributed by atoms with Gasteiger partial charge in [0.1, 0.15) is 17.0 Å². The molecule has 0 saturated carbocycles. The van der Waals surface area contributed by atoms with Crippen LogP contribution in [0.4, 0.5) is 4.39 Å². The van der Waals surface area contributed by atoms with Crippen LogP contribution in [-0.2, 0) is 22.6 Å². The van der Waals surface area contributed by atoms with Gasteiger partial charge in [-0.2, -0.15) is 0 Å². The number of aromatic nitrogens is 1. The Morgan fingerprint density at radius 1 is 1.17 bits per heavy atom. The van der Waals surface area contributed by atoms with E-state index in [9.17, 15) is 18.8 Å². The van der Waals surface area contributed by atoms with Crippen molar-refractivity contribution in [3.8, 4) is 0 Å². The second kappa shape index (κ2) is 10.1. The average molecular weight is 493 g/mol. The number of fused-ring (bicyclic) bond motifs is 1. The molecule has 0 aliphatic heterocycles. The quantitative estimate of drug-likeness (QED) is 0.593. The number of nitrogens with one attached hydrogen (secondary N) is 1. The first-order valence-electron chi connectivity index (χ1n) is 11.7. The predicted molar refractivity (Wildman–Crippen MR) is 137 cm³/mol. The molecule has 1 unspecified atom stereocenters. The summed E-state index contributed by atoms with van der Waals surface area (Å²) in [5, 5.41) is 3.08. The van der Waals surface area contributed by atoms with Gasteiger partial charge in [0.2, 0.25) is 5.91 Å². The lowest BCUT2D eigenvalue weighted by Crippen LogP contribution is -2.40. The van der Waals surface area contributed by atoms with Crippen molar-refractivity contribution in [2.45, 2.75) is 52.6 Å². The molecule has 1 amide bonds. The molecule has 1 aliphatic rings. The first-order chi connectivity index (χ1) is 16.6. The molecule has 0 spiro atoms. The smallest absolute Gasteiger partial charge is 0.269 e. The Bertz CT molecular complexity index is 1450. The molecule has 1 N–H and O–H groups in total. The second-order valence-electron chi connectivity index (χ2n) is 9.86. The van der Waals surface area contributed by atoms with E-state index in [-0.39, 0.29) is 29.8 Å². The molecule has 0 saturated heterocycles. The van der Waals surface area contributed by atoms with Crippen LogP contribution >= 0.6 is 11.3 Å². The Hall–Kier alpha value is -3.32. The van der Waals surface area contributed by atoms with Crippen molar-refractivity contribution in [3.05, 3.63) is 90.6 Å². The number of nitrogens with zero attached hydrogens (tertiary/aromatic N) is 1. The SMILES string of the molecule is CC(C)(C)C(=O)C=c1sc(=Cc2cccc(F)c2)c(=O)n1CC(=O)NC1CCCc2ccccc21. The van der Waals surface area contributed by atoms with Gasteiger partial charge in [-0.05, 0) is 54.2 Å². The third kappa shape index (κ3) is 5.85. The lowest BCUT2D eigenvalue weighted by atomic mass is 9.88. The first-order valence-corrected chi connectivity index (χ1v) is 12.5. The van der Waals surface area contributed by atoms with Crippen LogP contribution in [0.15, 0.2) is 53.3 Å². The fourth-order valence-electron chi connectivity index (χ4n) is 4.16. The summed E-state index contributed by atoms with van der Waals surface area (Å²) in [4.78, 5) is 39.1. The zero-order chi connectivity index (χ0) is 25.2. The Kier molecular flexibility index (Phi) is 7.17. The summed E-state index contributed by atoms with van der Waals surface area (Å²) in [6.45, 7) is 5.20. The Morgan fingerprint density at radius 2 is 1.94 bits per heavy atom. The number of Topliss-reactive ketones (excluding diaryl/α,β-unsaturated/α-hetero) is 1. The summed E-state index contributed by atoms with van der Waals surface area (Å²) < 4.78 is 15.7. The lowest BCUT2D eigenvalue weighted by molar-refractivity contribution is -0.123. The molecule has 182 valence electrons. The summed E-state index contributed by atoms with van der Waals surface area (Å²) >= 11 is 1.12. The number of hydrogen-bond acceptors (Lipinski definition) is 4. The lowest BCUT2D eigenvalue weighted by Gasteiger charge is -2.26. The number of rotatable bonds is 5. The summed E-state index contributed by atoms with van der Waals surface area (Å²) in [6, 6.07) is 13.9. The fourth-order valence-corrected chi connectivity index (χ4v) is 5.20. The predicted octanol–water partition coefficient (Wildman–Crippen LogP) is 3.47. The van der Waals surface area contributed by atoms with Crippen LogP contribution in [0.1, 0.15) is 56.3 Å². The highest BCUT2D eigenvalue weighted by atomic mass is 32.1. The molecule has 0 bridgehead atoms. The van der Waals surface area contributed by atoms with Crippen LogP contribution in [0, 0.1) is 11.2 Å². The molecule has 4 rings (SSSR count). The molecule has 1 aliphatic carbocycles. The zero-order valence-corrected chi connectivity index (χ0v) is 21.0. The number of benzene rings is 2. The highest BCUT2D eigenvalue weighted by molar-refractivity contribution is 7.07. The minimum absolute atomic E-state index is 0.108. The first kappa shape index (κ1) is 24.8. The van der Waals surface area contributed by atoms with Gasteiger partial charge in [-0.3, -0.25) is 19.0 Å².